The highest BCUT2D eigenvalue weighted by Crippen LogP contribution is 2.74. The number of allylic oxidation sites excluding steroid dienone is 2. The van der Waals surface area contributed by atoms with Crippen molar-refractivity contribution in [2.24, 2.45) is 40.9 Å². The van der Waals surface area contributed by atoms with Crippen LogP contribution in [0.25, 0.3) is 0 Å². The van der Waals surface area contributed by atoms with Gasteiger partial charge in [0.15, 0.2) is 0 Å². The maximum Gasteiger partial charge on any atom is 0.334 e. The fourth-order valence-corrected chi connectivity index (χ4v) is 10.1. The molecule has 1 spiro atoms. The first-order valence-corrected chi connectivity index (χ1v) is 13.6. The van der Waals surface area contributed by atoms with Crippen LogP contribution in [0.15, 0.2) is 48.6 Å². The second kappa shape index (κ2) is 7.11. The SMILES string of the molecule is C=C1C(=O)O[C@H]2[C@H]3[C@H](C[C@]4(O)[C@@]3(O)CC[C@@]43C(=O)C[C@@H]4C(=C)CC[C@@H]5C(=C)C(=O)O[C@H]5[C@@H]43)C(=C)CC[C@H]12. The van der Waals surface area contributed by atoms with Crippen molar-refractivity contribution in [3.05, 3.63) is 48.6 Å². The highest BCUT2D eigenvalue weighted by molar-refractivity contribution is 5.94. The summed E-state index contributed by atoms with van der Waals surface area (Å²) < 4.78 is 11.7. The number of esters is 2. The summed E-state index contributed by atoms with van der Waals surface area (Å²) in [6, 6.07) is 0. The van der Waals surface area contributed by atoms with E-state index in [1.54, 1.807) is 0 Å². The first-order valence-electron chi connectivity index (χ1n) is 13.6. The van der Waals surface area contributed by atoms with Crippen LogP contribution in [-0.4, -0.2) is 51.3 Å². The highest BCUT2D eigenvalue weighted by atomic mass is 16.6. The Bertz CT molecular complexity index is 1230. The number of hydrogen-bond acceptors (Lipinski definition) is 7. The van der Waals surface area contributed by atoms with Crippen LogP contribution in [0.4, 0.5) is 0 Å². The Labute approximate surface area is 216 Å². The number of hydrogen-bond donors (Lipinski definition) is 2. The molecular weight excluding hydrogens is 472 g/mol. The number of fused-ring (bicyclic) bond motifs is 10. The number of carbonyl (C=O) groups is 3. The highest BCUT2D eigenvalue weighted by Gasteiger charge is 2.83. The summed E-state index contributed by atoms with van der Waals surface area (Å²) in [6.07, 6.45) is 2.26. The molecule has 7 fully saturated rings. The Kier molecular flexibility index (Phi) is 4.54. The van der Waals surface area contributed by atoms with E-state index in [0.29, 0.717) is 36.8 Å². The molecule has 7 heteroatoms. The summed E-state index contributed by atoms with van der Waals surface area (Å²) in [5.41, 5.74) is -2.08. The summed E-state index contributed by atoms with van der Waals surface area (Å²) in [6.45, 7) is 16.6. The van der Waals surface area contributed by atoms with E-state index < -0.39 is 52.6 Å². The van der Waals surface area contributed by atoms with Gasteiger partial charge in [-0.3, -0.25) is 4.79 Å². The summed E-state index contributed by atoms with van der Waals surface area (Å²) in [5.74, 6) is -3.11. The first-order chi connectivity index (χ1) is 17.5. The molecule has 0 amide bonds. The molecule has 11 atom stereocenters. The van der Waals surface area contributed by atoms with Crippen LogP contribution < -0.4 is 0 Å². The van der Waals surface area contributed by atoms with Gasteiger partial charge in [0.2, 0.25) is 0 Å². The maximum atomic E-state index is 14.2. The van der Waals surface area contributed by atoms with Gasteiger partial charge in [0, 0.05) is 41.2 Å². The third-order valence-corrected chi connectivity index (χ3v) is 11.8. The molecule has 37 heavy (non-hydrogen) atoms. The Morgan fingerprint density at radius 2 is 1.27 bits per heavy atom. The van der Waals surface area contributed by atoms with E-state index in [2.05, 4.69) is 26.3 Å². The van der Waals surface area contributed by atoms with E-state index in [-0.39, 0.29) is 55.1 Å². The number of rotatable bonds is 0. The van der Waals surface area contributed by atoms with Crippen LogP contribution in [0.3, 0.4) is 0 Å². The molecule has 2 heterocycles. The Balaban J connectivity index is 1.39. The molecule has 2 aliphatic heterocycles. The second-order valence-electron chi connectivity index (χ2n) is 12.7. The molecule has 5 saturated carbocycles. The zero-order chi connectivity index (χ0) is 26.2. The fraction of sp³-hybridized carbons (Fsp3) is 0.633. The molecule has 0 aromatic rings. The largest absolute Gasteiger partial charge is 0.458 e. The van der Waals surface area contributed by atoms with Gasteiger partial charge >= 0.3 is 11.9 Å². The quantitative estimate of drug-likeness (QED) is 0.295. The number of Topliss-reactive ketones (excluding diaryl/α,β-unsaturated/α-hetero) is 1. The minimum atomic E-state index is -1.78. The molecule has 0 aromatic heterocycles. The van der Waals surface area contributed by atoms with Crippen molar-refractivity contribution in [2.45, 2.75) is 74.8 Å². The van der Waals surface area contributed by atoms with E-state index in [9.17, 15) is 24.6 Å². The van der Waals surface area contributed by atoms with Crippen molar-refractivity contribution in [2.75, 3.05) is 0 Å². The van der Waals surface area contributed by atoms with E-state index in [0.717, 1.165) is 11.1 Å². The summed E-state index contributed by atoms with van der Waals surface area (Å²) in [4.78, 5) is 39.3. The van der Waals surface area contributed by atoms with E-state index >= 15 is 0 Å². The van der Waals surface area contributed by atoms with Gasteiger partial charge in [-0.05, 0) is 56.8 Å². The Morgan fingerprint density at radius 3 is 1.86 bits per heavy atom. The summed E-state index contributed by atoms with van der Waals surface area (Å²) >= 11 is 0. The van der Waals surface area contributed by atoms with Crippen molar-refractivity contribution in [3.63, 3.8) is 0 Å². The molecule has 7 aliphatic rings. The summed E-state index contributed by atoms with van der Waals surface area (Å²) in [7, 11) is 0. The Morgan fingerprint density at radius 1 is 0.730 bits per heavy atom. The lowest BCUT2D eigenvalue weighted by Gasteiger charge is -2.48. The van der Waals surface area contributed by atoms with Gasteiger partial charge in [-0.25, -0.2) is 9.59 Å². The molecule has 0 aromatic carbocycles. The van der Waals surface area contributed by atoms with Crippen molar-refractivity contribution in [1.29, 1.82) is 0 Å². The van der Waals surface area contributed by atoms with Gasteiger partial charge in [-0.1, -0.05) is 37.5 Å². The van der Waals surface area contributed by atoms with E-state index in [1.165, 1.54) is 0 Å². The van der Waals surface area contributed by atoms with Crippen LogP contribution in [0, 0.1) is 40.9 Å². The predicted molar refractivity (Wildman–Crippen MR) is 132 cm³/mol. The third-order valence-electron chi connectivity index (χ3n) is 11.8. The first kappa shape index (κ1) is 23.6. The lowest BCUT2D eigenvalue weighted by molar-refractivity contribution is -0.205. The number of ketones is 1. The maximum absolute atomic E-state index is 14.2. The zero-order valence-corrected chi connectivity index (χ0v) is 21.0. The van der Waals surface area contributed by atoms with Gasteiger partial charge < -0.3 is 19.7 Å². The summed E-state index contributed by atoms with van der Waals surface area (Å²) in [5, 5.41) is 25.4. The molecule has 0 bridgehead atoms. The van der Waals surface area contributed by atoms with Crippen LogP contribution in [0.2, 0.25) is 0 Å². The molecule has 5 aliphatic carbocycles. The Hall–Kier alpha value is -2.51. The average molecular weight is 507 g/mol. The minimum absolute atomic E-state index is 0.0947. The lowest BCUT2D eigenvalue weighted by atomic mass is 9.59. The normalized spacial score (nSPS) is 52.3. The van der Waals surface area contributed by atoms with Crippen molar-refractivity contribution < 1.29 is 34.1 Å². The third kappa shape index (κ3) is 2.49. The van der Waals surface area contributed by atoms with Crippen LogP contribution >= 0.6 is 0 Å². The molecule has 2 N–H and O–H groups in total. The zero-order valence-electron chi connectivity index (χ0n) is 21.0. The standard InChI is InChI=1S/C30H34O7/c1-13-5-7-17-15(3)26(32)36-24(17)22-19(13)11-21(31)28(22)9-10-29(34)23-20(12-30(28,29)35)14(2)6-8-18-16(4)27(33)37-25(18)23/h17-20,22-25,34-35H,1-12H2/t17-,18-,19-,20-,22-,23-,24-,25-,28+,29-,30-/m1/s1. The molecular formula is C30H34O7. The van der Waals surface area contributed by atoms with E-state index in [4.69, 9.17) is 9.47 Å². The number of carbonyl (C=O) groups excluding carboxylic acids is 3. The fourth-order valence-electron chi connectivity index (χ4n) is 10.1. The predicted octanol–water partition coefficient (Wildman–Crippen LogP) is 2.97. The minimum Gasteiger partial charge on any atom is -0.458 e. The topological polar surface area (TPSA) is 110 Å². The molecule has 7 nitrogen and oxygen atoms in total. The van der Waals surface area contributed by atoms with Crippen LogP contribution in [-0.2, 0) is 23.9 Å². The molecule has 0 unspecified atom stereocenters. The molecule has 2 saturated heterocycles. The van der Waals surface area contributed by atoms with Crippen molar-refractivity contribution in [1.82, 2.24) is 0 Å². The second-order valence-corrected chi connectivity index (χ2v) is 12.7. The van der Waals surface area contributed by atoms with Gasteiger partial charge in [0.1, 0.15) is 29.2 Å². The van der Waals surface area contributed by atoms with Crippen LogP contribution in [0.1, 0.15) is 51.4 Å². The average Bonchev–Trinajstić information content (AvgIpc) is 3.49. The van der Waals surface area contributed by atoms with Crippen LogP contribution in [0.5, 0.6) is 0 Å². The molecule has 7 rings (SSSR count). The monoisotopic (exact) mass is 506 g/mol. The van der Waals surface area contributed by atoms with E-state index in [1.807, 2.05) is 0 Å². The molecule has 0 radical (unpaired) electrons. The van der Waals surface area contributed by atoms with Gasteiger partial charge in [0.05, 0.1) is 5.41 Å². The van der Waals surface area contributed by atoms with Gasteiger partial charge in [-0.2, -0.15) is 0 Å². The number of aliphatic hydroxyl groups is 2. The van der Waals surface area contributed by atoms with Crippen molar-refractivity contribution >= 4 is 17.7 Å². The van der Waals surface area contributed by atoms with Crippen molar-refractivity contribution in [3.8, 4) is 0 Å². The number of ether oxygens (including phenoxy) is 2. The smallest absolute Gasteiger partial charge is 0.334 e. The lowest BCUT2D eigenvalue weighted by Crippen LogP contribution is -2.63. The van der Waals surface area contributed by atoms with Gasteiger partial charge in [0.25, 0.3) is 0 Å². The van der Waals surface area contributed by atoms with Gasteiger partial charge in [-0.15, -0.1) is 0 Å². The molecule has 196 valence electrons.